The number of aromatic hydroxyl groups is 1. The monoisotopic (exact) mass is 406 g/mol. The number of nitrogens with zero attached hydrogens (tertiary/aromatic N) is 4. The van der Waals surface area contributed by atoms with Crippen LogP contribution in [0.2, 0.25) is 0 Å². The van der Waals surface area contributed by atoms with Crippen LogP contribution in [0.15, 0.2) is 69.9 Å². The van der Waals surface area contributed by atoms with Gasteiger partial charge in [-0.25, -0.2) is 19.9 Å². The molecular formula is C21H18N4OS2. The summed E-state index contributed by atoms with van der Waals surface area (Å²) in [5.74, 6) is 1.17. The van der Waals surface area contributed by atoms with Crippen molar-refractivity contribution in [2.75, 3.05) is 5.75 Å². The SMILES string of the molecule is CCSc1ncc2c(-c3cc(C)ccc3Sc3ccc(O)cc3)ncnc2n1. The fourth-order valence-electron chi connectivity index (χ4n) is 2.81. The highest BCUT2D eigenvalue weighted by Gasteiger charge is 2.14. The average molecular weight is 407 g/mol. The smallest absolute Gasteiger partial charge is 0.189 e. The minimum absolute atomic E-state index is 0.258. The van der Waals surface area contributed by atoms with E-state index in [1.165, 1.54) is 0 Å². The molecule has 2 aromatic heterocycles. The van der Waals surface area contributed by atoms with Crippen molar-refractivity contribution in [2.24, 2.45) is 0 Å². The molecule has 0 aliphatic rings. The minimum Gasteiger partial charge on any atom is -0.508 e. The number of phenols is 1. The summed E-state index contributed by atoms with van der Waals surface area (Å²) < 4.78 is 0. The van der Waals surface area contributed by atoms with E-state index >= 15 is 0 Å². The molecule has 0 saturated carbocycles. The molecule has 0 bridgehead atoms. The van der Waals surface area contributed by atoms with Crippen LogP contribution in [-0.2, 0) is 0 Å². The number of thioether (sulfide) groups is 1. The normalized spacial score (nSPS) is 11.1. The number of rotatable bonds is 5. The fraction of sp³-hybridized carbons (Fsp3) is 0.143. The van der Waals surface area contributed by atoms with E-state index in [1.54, 1.807) is 42.0 Å². The number of fused-ring (bicyclic) bond motifs is 1. The average Bonchev–Trinajstić information content (AvgIpc) is 2.70. The largest absolute Gasteiger partial charge is 0.508 e. The van der Waals surface area contributed by atoms with E-state index < -0.39 is 0 Å². The van der Waals surface area contributed by atoms with Gasteiger partial charge in [0.15, 0.2) is 10.8 Å². The summed E-state index contributed by atoms with van der Waals surface area (Å²) in [7, 11) is 0. The highest BCUT2D eigenvalue weighted by atomic mass is 32.2. The van der Waals surface area contributed by atoms with Gasteiger partial charge in [-0.15, -0.1) is 0 Å². The number of hydrogen-bond donors (Lipinski definition) is 1. The summed E-state index contributed by atoms with van der Waals surface area (Å²) in [5.41, 5.74) is 3.64. The molecule has 0 amide bonds. The first-order chi connectivity index (χ1) is 13.6. The van der Waals surface area contributed by atoms with E-state index in [0.717, 1.165) is 42.9 Å². The van der Waals surface area contributed by atoms with Crippen molar-refractivity contribution in [1.29, 1.82) is 0 Å². The summed E-state index contributed by atoms with van der Waals surface area (Å²) in [6.07, 6.45) is 3.37. The van der Waals surface area contributed by atoms with Gasteiger partial charge in [0.2, 0.25) is 0 Å². The third kappa shape index (κ3) is 3.95. The van der Waals surface area contributed by atoms with Gasteiger partial charge in [-0.3, -0.25) is 0 Å². The van der Waals surface area contributed by atoms with Crippen LogP contribution in [0.25, 0.3) is 22.3 Å². The zero-order chi connectivity index (χ0) is 19.5. The van der Waals surface area contributed by atoms with Gasteiger partial charge in [0.25, 0.3) is 0 Å². The highest BCUT2D eigenvalue weighted by molar-refractivity contribution is 7.99. The van der Waals surface area contributed by atoms with Gasteiger partial charge in [0.1, 0.15) is 12.1 Å². The van der Waals surface area contributed by atoms with E-state index in [0.29, 0.717) is 5.65 Å². The van der Waals surface area contributed by atoms with Crippen LogP contribution in [0.5, 0.6) is 5.75 Å². The van der Waals surface area contributed by atoms with E-state index in [4.69, 9.17) is 0 Å². The molecule has 5 nitrogen and oxygen atoms in total. The van der Waals surface area contributed by atoms with E-state index in [-0.39, 0.29) is 5.75 Å². The lowest BCUT2D eigenvalue weighted by Crippen LogP contribution is -1.96. The second-order valence-corrected chi connectivity index (χ2v) is 8.49. The molecule has 0 aliphatic heterocycles. The van der Waals surface area contributed by atoms with Crippen molar-refractivity contribution in [3.05, 3.63) is 60.6 Å². The molecule has 1 N–H and O–H groups in total. The molecule has 0 atom stereocenters. The zero-order valence-corrected chi connectivity index (χ0v) is 17.1. The Balaban J connectivity index is 1.82. The first kappa shape index (κ1) is 18.7. The quantitative estimate of drug-likeness (QED) is 0.353. The zero-order valence-electron chi connectivity index (χ0n) is 15.5. The van der Waals surface area contributed by atoms with E-state index in [9.17, 15) is 5.11 Å². The van der Waals surface area contributed by atoms with Gasteiger partial charge in [-0.05, 0) is 49.1 Å². The Morgan fingerprint density at radius 2 is 1.82 bits per heavy atom. The molecule has 0 aliphatic carbocycles. The van der Waals surface area contributed by atoms with Crippen molar-refractivity contribution in [1.82, 2.24) is 19.9 Å². The van der Waals surface area contributed by atoms with E-state index in [2.05, 4.69) is 52.0 Å². The summed E-state index contributed by atoms with van der Waals surface area (Å²) >= 11 is 3.22. The number of hydrogen-bond acceptors (Lipinski definition) is 7. The van der Waals surface area contributed by atoms with Crippen LogP contribution in [0.1, 0.15) is 12.5 Å². The van der Waals surface area contributed by atoms with Crippen molar-refractivity contribution < 1.29 is 5.11 Å². The first-order valence-corrected chi connectivity index (χ1v) is 10.6. The van der Waals surface area contributed by atoms with Crippen LogP contribution in [0, 0.1) is 6.92 Å². The lowest BCUT2D eigenvalue weighted by molar-refractivity contribution is 0.475. The van der Waals surface area contributed by atoms with Gasteiger partial charge in [-0.1, -0.05) is 42.1 Å². The molecular weight excluding hydrogens is 388 g/mol. The molecule has 0 unspecified atom stereocenters. The number of aryl methyl sites for hydroxylation is 1. The lowest BCUT2D eigenvalue weighted by atomic mass is 10.1. The Morgan fingerprint density at radius 3 is 2.61 bits per heavy atom. The van der Waals surface area contributed by atoms with Crippen LogP contribution in [0.3, 0.4) is 0 Å². The summed E-state index contributed by atoms with van der Waals surface area (Å²) in [6.45, 7) is 4.14. The predicted octanol–water partition coefficient (Wildman–Crippen LogP) is 5.36. The van der Waals surface area contributed by atoms with E-state index in [1.807, 2.05) is 18.3 Å². The molecule has 2 aromatic carbocycles. The second-order valence-electron chi connectivity index (χ2n) is 6.14. The number of aromatic nitrogens is 4. The van der Waals surface area contributed by atoms with Crippen molar-refractivity contribution in [3.8, 4) is 17.0 Å². The van der Waals surface area contributed by atoms with Gasteiger partial charge >= 0.3 is 0 Å². The standard InChI is InChI=1S/C21H18N4OS2/c1-3-27-21-22-11-17-19(23-12-24-20(17)25-21)16-10-13(2)4-9-18(16)28-15-7-5-14(26)6-8-15/h4-12,26H,3H2,1-2H3. The van der Waals surface area contributed by atoms with Crippen LogP contribution < -0.4 is 0 Å². The summed E-state index contributed by atoms with van der Waals surface area (Å²) in [5, 5.41) is 11.1. The summed E-state index contributed by atoms with van der Waals surface area (Å²) in [4.78, 5) is 20.0. The topological polar surface area (TPSA) is 71.8 Å². The number of benzene rings is 2. The molecule has 140 valence electrons. The lowest BCUT2D eigenvalue weighted by Gasteiger charge is -2.12. The minimum atomic E-state index is 0.258. The third-order valence-electron chi connectivity index (χ3n) is 4.10. The fourth-order valence-corrected chi connectivity index (χ4v) is 4.27. The maximum Gasteiger partial charge on any atom is 0.189 e. The molecule has 0 fully saturated rings. The van der Waals surface area contributed by atoms with Gasteiger partial charge in [0.05, 0.1) is 11.1 Å². The molecule has 4 rings (SSSR count). The molecule has 0 spiro atoms. The Bertz CT molecular complexity index is 1130. The van der Waals surface area contributed by atoms with Gasteiger partial charge < -0.3 is 5.11 Å². The van der Waals surface area contributed by atoms with Gasteiger partial charge in [0, 0.05) is 21.6 Å². The first-order valence-electron chi connectivity index (χ1n) is 8.82. The number of phenolic OH excluding ortho intramolecular Hbond substituents is 1. The molecule has 28 heavy (non-hydrogen) atoms. The Hall–Kier alpha value is -2.64. The highest BCUT2D eigenvalue weighted by Crippen LogP contribution is 2.38. The van der Waals surface area contributed by atoms with Crippen molar-refractivity contribution in [2.45, 2.75) is 28.8 Å². The van der Waals surface area contributed by atoms with Crippen molar-refractivity contribution in [3.63, 3.8) is 0 Å². The molecule has 2 heterocycles. The van der Waals surface area contributed by atoms with Crippen molar-refractivity contribution >= 4 is 34.6 Å². The maximum atomic E-state index is 9.53. The second kappa shape index (κ2) is 8.16. The predicted molar refractivity (Wildman–Crippen MR) is 114 cm³/mol. The Labute approximate surface area is 171 Å². The van der Waals surface area contributed by atoms with Crippen LogP contribution >= 0.6 is 23.5 Å². The molecule has 0 saturated heterocycles. The Kier molecular flexibility index (Phi) is 5.45. The molecule has 0 radical (unpaired) electrons. The third-order valence-corrected chi connectivity index (χ3v) is 5.92. The Morgan fingerprint density at radius 1 is 1.00 bits per heavy atom. The maximum absolute atomic E-state index is 9.53. The van der Waals surface area contributed by atoms with Crippen LogP contribution in [0.4, 0.5) is 0 Å². The molecule has 7 heteroatoms. The summed E-state index contributed by atoms with van der Waals surface area (Å²) in [6, 6.07) is 13.5. The van der Waals surface area contributed by atoms with Crippen LogP contribution in [-0.4, -0.2) is 30.8 Å². The molecule has 4 aromatic rings. The van der Waals surface area contributed by atoms with Gasteiger partial charge in [-0.2, -0.15) is 0 Å².